The second-order valence-electron chi connectivity index (χ2n) is 3.71. The van der Waals surface area contributed by atoms with Gasteiger partial charge in [-0.05, 0) is 6.42 Å². The van der Waals surface area contributed by atoms with E-state index in [0.29, 0.717) is 11.4 Å². The van der Waals surface area contributed by atoms with Gasteiger partial charge < -0.3 is 10.5 Å². The smallest absolute Gasteiger partial charge is 0.349 e. The molecule has 1 aromatic heterocycles. The third-order valence-corrected chi connectivity index (χ3v) is 3.66. The van der Waals surface area contributed by atoms with Crippen molar-refractivity contribution in [2.24, 2.45) is 5.73 Å². The first kappa shape index (κ1) is 13.1. The second kappa shape index (κ2) is 5.96. The summed E-state index contributed by atoms with van der Waals surface area (Å²) in [6.45, 7) is 4.61. The van der Waals surface area contributed by atoms with Crippen LogP contribution in [0.15, 0.2) is 0 Å². The van der Waals surface area contributed by atoms with Gasteiger partial charge in [0, 0.05) is 12.5 Å². The van der Waals surface area contributed by atoms with E-state index in [1.807, 2.05) is 6.92 Å². The number of ether oxygens (including phenoxy) is 1. The van der Waals surface area contributed by atoms with Crippen molar-refractivity contribution < 1.29 is 9.53 Å². The van der Waals surface area contributed by atoms with E-state index >= 15 is 0 Å². The molecule has 0 aliphatic rings. The van der Waals surface area contributed by atoms with Gasteiger partial charge in [0.1, 0.15) is 4.88 Å². The highest BCUT2D eigenvalue weighted by Crippen LogP contribution is 2.26. The molecule has 5 heteroatoms. The first-order valence-corrected chi connectivity index (χ1v) is 6.23. The van der Waals surface area contributed by atoms with Crippen molar-refractivity contribution in [3.8, 4) is 0 Å². The first-order chi connectivity index (χ1) is 7.63. The fourth-order valence-corrected chi connectivity index (χ4v) is 2.43. The molecule has 0 aromatic carbocycles. The molecule has 1 aromatic rings. The van der Waals surface area contributed by atoms with Gasteiger partial charge in [-0.25, -0.2) is 9.78 Å². The summed E-state index contributed by atoms with van der Waals surface area (Å²) < 4.78 is 4.75. The van der Waals surface area contributed by atoms with Crippen LogP contribution in [0.5, 0.6) is 0 Å². The molecule has 0 spiro atoms. The van der Waals surface area contributed by atoms with E-state index in [2.05, 4.69) is 11.9 Å². The maximum absolute atomic E-state index is 11.6. The maximum Gasteiger partial charge on any atom is 0.349 e. The largest absolute Gasteiger partial charge is 0.465 e. The number of aromatic nitrogens is 1. The topological polar surface area (TPSA) is 65.2 Å². The molecule has 4 nitrogen and oxygen atoms in total. The summed E-state index contributed by atoms with van der Waals surface area (Å²) in [6, 6.07) is 0. The minimum absolute atomic E-state index is 0.194. The molecular weight excluding hydrogens is 224 g/mol. The molecule has 0 saturated heterocycles. The molecule has 2 N–H and O–H groups in total. The standard InChI is InChI=1S/C11H18N2O2S/c1-4-5-8-9(11(14)15-3)16-10(13-8)7(2)6-12/h7H,4-6,12H2,1-3H3. The number of esters is 1. The Morgan fingerprint density at radius 3 is 2.81 bits per heavy atom. The van der Waals surface area contributed by atoms with Crippen LogP contribution in [0.25, 0.3) is 0 Å². The van der Waals surface area contributed by atoms with Gasteiger partial charge in [-0.1, -0.05) is 20.3 Å². The van der Waals surface area contributed by atoms with Crippen molar-refractivity contribution in [1.82, 2.24) is 4.98 Å². The fourth-order valence-electron chi connectivity index (χ4n) is 1.34. The van der Waals surface area contributed by atoms with Crippen molar-refractivity contribution in [1.29, 1.82) is 0 Å². The van der Waals surface area contributed by atoms with Crippen molar-refractivity contribution >= 4 is 17.3 Å². The Morgan fingerprint density at radius 1 is 1.62 bits per heavy atom. The van der Waals surface area contributed by atoms with Crippen LogP contribution in [0.4, 0.5) is 0 Å². The number of aryl methyl sites for hydroxylation is 1. The maximum atomic E-state index is 11.6. The second-order valence-corrected chi connectivity index (χ2v) is 4.74. The predicted octanol–water partition coefficient (Wildman–Crippen LogP) is 1.94. The van der Waals surface area contributed by atoms with Crippen molar-refractivity contribution in [3.05, 3.63) is 15.6 Å². The number of carbonyl (C=O) groups excluding carboxylic acids is 1. The number of hydrogen-bond acceptors (Lipinski definition) is 5. The molecule has 0 radical (unpaired) electrons. The summed E-state index contributed by atoms with van der Waals surface area (Å²) in [5.41, 5.74) is 6.44. The lowest BCUT2D eigenvalue weighted by molar-refractivity contribution is 0.0605. The summed E-state index contributed by atoms with van der Waals surface area (Å²) in [5.74, 6) is -0.101. The molecule has 1 unspecified atom stereocenters. The van der Waals surface area contributed by atoms with E-state index in [-0.39, 0.29) is 11.9 Å². The molecule has 90 valence electrons. The number of methoxy groups -OCH3 is 1. The third kappa shape index (κ3) is 2.80. The van der Waals surface area contributed by atoms with Gasteiger partial charge in [-0.3, -0.25) is 0 Å². The van der Waals surface area contributed by atoms with Crippen molar-refractivity contribution in [2.75, 3.05) is 13.7 Å². The van der Waals surface area contributed by atoms with E-state index in [1.165, 1.54) is 18.4 Å². The van der Waals surface area contributed by atoms with Gasteiger partial charge in [0.25, 0.3) is 0 Å². The van der Waals surface area contributed by atoms with E-state index < -0.39 is 0 Å². The van der Waals surface area contributed by atoms with Crippen LogP contribution in [-0.4, -0.2) is 24.6 Å². The number of nitrogens with zero attached hydrogens (tertiary/aromatic N) is 1. The van der Waals surface area contributed by atoms with E-state index in [9.17, 15) is 4.79 Å². The Hall–Kier alpha value is -0.940. The Kier molecular flexibility index (Phi) is 4.89. The van der Waals surface area contributed by atoms with E-state index in [4.69, 9.17) is 10.5 Å². The van der Waals surface area contributed by atoms with Gasteiger partial charge >= 0.3 is 5.97 Å². The lowest BCUT2D eigenvalue weighted by Crippen LogP contribution is -2.08. The Bertz CT molecular complexity index is 363. The highest BCUT2D eigenvalue weighted by atomic mass is 32.1. The Morgan fingerprint density at radius 2 is 2.31 bits per heavy atom. The summed E-state index contributed by atoms with van der Waals surface area (Å²) in [7, 11) is 1.39. The van der Waals surface area contributed by atoms with Crippen LogP contribution in [0.3, 0.4) is 0 Å². The molecule has 0 amide bonds. The van der Waals surface area contributed by atoms with Crippen molar-refractivity contribution in [2.45, 2.75) is 32.6 Å². The minimum atomic E-state index is -0.295. The summed E-state index contributed by atoms with van der Waals surface area (Å²) >= 11 is 1.40. The van der Waals surface area contributed by atoms with Crippen LogP contribution in [0.1, 0.15) is 46.6 Å². The van der Waals surface area contributed by atoms with Crippen LogP contribution in [0.2, 0.25) is 0 Å². The lowest BCUT2D eigenvalue weighted by atomic mass is 10.2. The van der Waals surface area contributed by atoms with Gasteiger partial charge in [0.05, 0.1) is 17.8 Å². The number of thiazole rings is 1. The third-order valence-electron chi connectivity index (χ3n) is 2.35. The molecule has 1 heterocycles. The highest BCUT2D eigenvalue weighted by Gasteiger charge is 2.20. The molecular formula is C11H18N2O2S. The number of carbonyl (C=O) groups is 1. The zero-order chi connectivity index (χ0) is 12.1. The average molecular weight is 242 g/mol. The zero-order valence-corrected chi connectivity index (χ0v) is 10.8. The normalized spacial score (nSPS) is 12.5. The summed E-state index contributed by atoms with van der Waals surface area (Å²) in [4.78, 5) is 16.7. The van der Waals surface area contributed by atoms with Gasteiger partial charge in [-0.2, -0.15) is 0 Å². The highest BCUT2D eigenvalue weighted by molar-refractivity contribution is 7.13. The molecule has 0 aliphatic carbocycles. The van der Waals surface area contributed by atoms with Crippen molar-refractivity contribution in [3.63, 3.8) is 0 Å². The Labute approximate surface area is 99.8 Å². The average Bonchev–Trinajstić information content (AvgIpc) is 2.71. The van der Waals surface area contributed by atoms with Crippen LogP contribution in [0, 0.1) is 0 Å². The number of nitrogens with two attached hydrogens (primary N) is 1. The monoisotopic (exact) mass is 242 g/mol. The van der Waals surface area contributed by atoms with Crippen LogP contribution < -0.4 is 5.73 Å². The quantitative estimate of drug-likeness (QED) is 0.801. The molecule has 0 fully saturated rings. The molecule has 0 saturated carbocycles. The van der Waals surface area contributed by atoms with Crippen LogP contribution >= 0.6 is 11.3 Å². The van der Waals surface area contributed by atoms with Gasteiger partial charge in [-0.15, -0.1) is 11.3 Å². The van der Waals surface area contributed by atoms with E-state index in [0.717, 1.165) is 23.5 Å². The minimum Gasteiger partial charge on any atom is -0.465 e. The first-order valence-electron chi connectivity index (χ1n) is 5.42. The van der Waals surface area contributed by atoms with Gasteiger partial charge in [0.15, 0.2) is 0 Å². The fraction of sp³-hybridized carbons (Fsp3) is 0.636. The summed E-state index contributed by atoms with van der Waals surface area (Å²) in [5, 5.41) is 0.923. The lowest BCUT2D eigenvalue weighted by Gasteiger charge is -2.01. The van der Waals surface area contributed by atoms with Crippen LogP contribution in [-0.2, 0) is 11.2 Å². The predicted molar refractivity (Wildman–Crippen MR) is 64.9 cm³/mol. The number of hydrogen-bond donors (Lipinski definition) is 1. The molecule has 16 heavy (non-hydrogen) atoms. The SMILES string of the molecule is CCCc1nc(C(C)CN)sc1C(=O)OC. The number of rotatable bonds is 5. The van der Waals surface area contributed by atoms with Gasteiger partial charge in [0.2, 0.25) is 0 Å². The molecule has 1 rings (SSSR count). The molecule has 0 bridgehead atoms. The van der Waals surface area contributed by atoms with E-state index in [1.54, 1.807) is 0 Å². The summed E-state index contributed by atoms with van der Waals surface area (Å²) in [6.07, 6.45) is 1.77. The zero-order valence-electron chi connectivity index (χ0n) is 9.95. The Balaban J connectivity index is 3.04. The molecule has 1 atom stereocenters. The molecule has 0 aliphatic heterocycles.